The lowest BCUT2D eigenvalue weighted by atomic mass is 9.91. The highest BCUT2D eigenvalue weighted by Crippen LogP contribution is 2.36. The summed E-state index contributed by atoms with van der Waals surface area (Å²) < 4.78 is 0. The third kappa shape index (κ3) is 2.97. The molecule has 20 heavy (non-hydrogen) atoms. The van der Waals surface area contributed by atoms with Crippen molar-refractivity contribution in [3.05, 3.63) is 10.6 Å². The lowest BCUT2D eigenvalue weighted by Crippen LogP contribution is -2.40. The van der Waals surface area contributed by atoms with Crippen LogP contribution in [0.1, 0.15) is 62.8 Å². The van der Waals surface area contributed by atoms with Crippen LogP contribution in [0.5, 0.6) is 0 Å². The fourth-order valence-corrected chi connectivity index (χ4v) is 4.02. The normalized spacial score (nSPS) is 23.9. The molecule has 0 saturated carbocycles. The third-order valence-corrected chi connectivity index (χ3v) is 4.99. The molecule has 1 aliphatic rings. The monoisotopic (exact) mass is 296 g/mol. The van der Waals surface area contributed by atoms with Gasteiger partial charge >= 0.3 is 5.97 Å². The Balaban J connectivity index is 2.36. The van der Waals surface area contributed by atoms with E-state index in [0.29, 0.717) is 16.6 Å². The van der Waals surface area contributed by atoms with Gasteiger partial charge in [0.05, 0.1) is 5.69 Å². The van der Waals surface area contributed by atoms with E-state index in [-0.39, 0.29) is 5.41 Å². The van der Waals surface area contributed by atoms with Crippen LogP contribution in [-0.4, -0.2) is 28.6 Å². The Bertz CT molecular complexity index is 504. The van der Waals surface area contributed by atoms with E-state index < -0.39 is 5.97 Å². The van der Waals surface area contributed by atoms with Gasteiger partial charge in [-0.3, -0.25) is 0 Å². The molecule has 0 amide bonds. The van der Waals surface area contributed by atoms with Crippen LogP contribution in [0, 0.1) is 5.92 Å². The summed E-state index contributed by atoms with van der Waals surface area (Å²) >= 11 is 1.32. The van der Waals surface area contributed by atoms with Gasteiger partial charge in [0, 0.05) is 18.0 Å². The molecule has 2 unspecified atom stereocenters. The zero-order valence-corrected chi connectivity index (χ0v) is 13.8. The van der Waals surface area contributed by atoms with Crippen LogP contribution in [0.2, 0.25) is 0 Å². The number of hydrogen-bond donors (Lipinski definition) is 1. The summed E-state index contributed by atoms with van der Waals surface area (Å²) in [4.78, 5) is 18.8. The average Bonchev–Trinajstić information content (AvgIpc) is 2.73. The lowest BCUT2D eigenvalue weighted by molar-refractivity contribution is 0.0699. The highest BCUT2D eigenvalue weighted by molar-refractivity contribution is 7.17. The second kappa shape index (κ2) is 5.35. The number of hydrogen-bond acceptors (Lipinski definition) is 4. The van der Waals surface area contributed by atoms with Crippen LogP contribution in [0.3, 0.4) is 0 Å². The van der Waals surface area contributed by atoms with Crippen molar-refractivity contribution < 1.29 is 9.90 Å². The Morgan fingerprint density at radius 3 is 2.50 bits per heavy atom. The molecule has 1 aliphatic heterocycles. The second-order valence-corrected chi connectivity index (χ2v) is 7.88. The van der Waals surface area contributed by atoms with E-state index in [9.17, 15) is 9.90 Å². The summed E-state index contributed by atoms with van der Waals surface area (Å²) in [5.74, 6) is -0.126. The van der Waals surface area contributed by atoms with Gasteiger partial charge in [-0.05, 0) is 25.7 Å². The van der Waals surface area contributed by atoms with Gasteiger partial charge in [-0.25, -0.2) is 9.78 Å². The molecular formula is C15H24N2O2S. The van der Waals surface area contributed by atoms with E-state index in [0.717, 1.165) is 30.4 Å². The zero-order valence-electron chi connectivity index (χ0n) is 12.9. The number of carbonyl (C=O) groups is 1. The van der Waals surface area contributed by atoms with Crippen LogP contribution in [0.15, 0.2) is 0 Å². The van der Waals surface area contributed by atoms with Crippen molar-refractivity contribution in [1.82, 2.24) is 4.98 Å². The van der Waals surface area contributed by atoms with Crippen LogP contribution < -0.4 is 4.90 Å². The molecule has 1 aromatic rings. The fourth-order valence-electron chi connectivity index (χ4n) is 2.78. The first-order valence-electron chi connectivity index (χ1n) is 7.21. The van der Waals surface area contributed by atoms with E-state index >= 15 is 0 Å². The first-order chi connectivity index (χ1) is 9.20. The van der Waals surface area contributed by atoms with Gasteiger partial charge in [0.25, 0.3) is 0 Å². The van der Waals surface area contributed by atoms with Crippen molar-refractivity contribution in [3.8, 4) is 0 Å². The maximum absolute atomic E-state index is 11.5. The zero-order chi connectivity index (χ0) is 15.1. The second-order valence-electron chi connectivity index (χ2n) is 6.90. The van der Waals surface area contributed by atoms with E-state index in [1.807, 2.05) is 20.8 Å². The van der Waals surface area contributed by atoms with Crippen LogP contribution >= 0.6 is 11.3 Å². The highest BCUT2D eigenvalue weighted by Gasteiger charge is 2.31. The molecule has 2 heterocycles. The molecule has 4 nitrogen and oxygen atoms in total. The molecule has 0 bridgehead atoms. The van der Waals surface area contributed by atoms with Crippen molar-refractivity contribution in [2.24, 2.45) is 5.92 Å². The molecule has 1 N–H and O–H groups in total. The van der Waals surface area contributed by atoms with Crippen molar-refractivity contribution in [2.45, 2.75) is 58.9 Å². The molecule has 2 atom stereocenters. The molecular weight excluding hydrogens is 272 g/mol. The van der Waals surface area contributed by atoms with Crippen LogP contribution in [0.25, 0.3) is 0 Å². The summed E-state index contributed by atoms with van der Waals surface area (Å²) in [6.45, 7) is 11.5. The van der Waals surface area contributed by atoms with Crippen molar-refractivity contribution in [1.29, 1.82) is 0 Å². The summed E-state index contributed by atoms with van der Waals surface area (Å²) in [5, 5.41) is 10.3. The molecule has 0 aromatic carbocycles. The Morgan fingerprint density at radius 2 is 2.05 bits per heavy atom. The fraction of sp³-hybridized carbons (Fsp3) is 0.733. The molecule has 1 aromatic heterocycles. The minimum atomic E-state index is -0.864. The highest BCUT2D eigenvalue weighted by atomic mass is 32.1. The molecule has 0 spiro atoms. The van der Waals surface area contributed by atoms with Crippen molar-refractivity contribution in [3.63, 3.8) is 0 Å². The number of carboxylic acid groups (broad SMARTS) is 1. The smallest absolute Gasteiger partial charge is 0.347 e. The standard InChI is InChI=1S/C15H24N2O2S/c1-9-6-7-17(10(2)8-9)14-16-12(15(3,4)5)11(20-14)13(18)19/h9-10H,6-8H2,1-5H3,(H,18,19). The number of carboxylic acids is 1. The Hall–Kier alpha value is -1.10. The van der Waals surface area contributed by atoms with Gasteiger partial charge < -0.3 is 10.0 Å². The van der Waals surface area contributed by atoms with E-state index in [4.69, 9.17) is 0 Å². The number of aromatic carboxylic acids is 1. The number of nitrogens with zero attached hydrogens (tertiary/aromatic N) is 2. The first-order valence-corrected chi connectivity index (χ1v) is 8.03. The number of piperidine rings is 1. The van der Waals surface area contributed by atoms with E-state index in [1.165, 1.54) is 11.3 Å². The largest absolute Gasteiger partial charge is 0.477 e. The predicted octanol–water partition coefficient (Wildman–Crippen LogP) is 3.76. The Morgan fingerprint density at radius 1 is 1.40 bits per heavy atom. The molecule has 112 valence electrons. The van der Waals surface area contributed by atoms with Crippen LogP contribution in [-0.2, 0) is 5.41 Å². The van der Waals surface area contributed by atoms with Gasteiger partial charge in [-0.1, -0.05) is 39.0 Å². The van der Waals surface area contributed by atoms with Gasteiger partial charge in [-0.2, -0.15) is 0 Å². The quantitative estimate of drug-likeness (QED) is 0.902. The molecule has 1 fully saturated rings. The Kier molecular flexibility index (Phi) is 4.09. The number of anilines is 1. The lowest BCUT2D eigenvalue weighted by Gasteiger charge is -2.36. The molecule has 5 heteroatoms. The molecule has 0 radical (unpaired) electrons. The topological polar surface area (TPSA) is 53.4 Å². The number of thiazole rings is 1. The van der Waals surface area contributed by atoms with Gasteiger partial charge in [0.2, 0.25) is 0 Å². The minimum Gasteiger partial charge on any atom is -0.477 e. The van der Waals surface area contributed by atoms with E-state index in [1.54, 1.807) is 0 Å². The Labute approximate surface area is 124 Å². The van der Waals surface area contributed by atoms with Crippen molar-refractivity contribution in [2.75, 3.05) is 11.4 Å². The number of aromatic nitrogens is 1. The van der Waals surface area contributed by atoms with Crippen LogP contribution in [0.4, 0.5) is 5.13 Å². The van der Waals surface area contributed by atoms with Gasteiger partial charge in [0.15, 0.2) is 5.13 Å². The molecule has 2 rings (SSSR count). The molecule has 1 saturated heterocycles. The van der Waals surface area contributed by atoms with Crippen molar-refractivity contribution >= 4 is 22.4 Å². The van der Waals surface area contributed by atoms with E-state index in [2.05, 4.69) is 23.7 Å². The number of rotatable bonds is 2. The molecule has 0 aliphatic carbocycles. The third-order valence-electron chi connectivity index (χ3n) is 3.90. The van der Waals surface area contributed by atoms with Gasteiger partial charge in [-0.15, -0.1) is 0 Å². The maximum Gasteiger partial charge on any atom is 0.347 e. The summed E-state index contributed by atoms with van der Waals surface area (Å²) in [6, 6.07) is 0.430. The SMILES string of the molecule is CC1CCN(c2nc(C(C)(C)C)c(C(=O)O)s2)C(C)C1. The van der Waals surface area contributed by atoms with Gasteiger partial charge in [0.1, 0.15) is 4.88 Å². The maximum atomic E-state index is 11.5. The minimum absolute atomic E-state index is 0.241. The predicted molar refractivity (Wildman–Crippen MR) is 83.0 cm³/mol. The summed E-state index contributed by atoms with van der Waals surface area (Å²) in [6.07, 6.45) is 2.30. The average molecular weight is 296 g/mol. The summed E-state index contributed by atoms with van der Waals surface area (Å²) in [5.41, 5.74) is 0.463. The first kappa shape index (κ1) is 15.3. The summed E-state index contributed by atoms with van der Waals surface area (Å²) in [7, 11) is 0.